The molecule has 0 fully saturated rings. The van der Waals surface area contributed by atoms with Gasteiger partial charge >= 0.3 is 0 Å². The maximum Gasteiger partial charge on any atom is 0.294 e. The second-order valence-corrected chi connectivity index (χ2v) is 2.22. The molecular weight excluding hydrogens is 202 g/mol. The maximum absolute atomic E-state index is 10.4. The number of hydrogen-bond donors (Lipinski definition) is 1. The molecular formula is C8H11N3O4. The minimum Gasteiger partial charge on any atom is -0.364 e. The number of aromatic nitrogens is 1. The first kappa shape index (κ1) is 12.8. The normalized spacial score (nSPS) is 8.33. The lowest BCUT2D eigenvalue weighted by Gasteiger charge is -1.88. The number of pyridine rings is 1. The molecule has 1 heterocycles. The molecule has 0 saturated carbocycles. The van der Waals surface area contributed by atoms with Gasteiger partial charge in [0.25, 0.3) is 11.0 Å². The first-order chi connectivity index (χ1) is 7.07. The molecule has 2 N–H and O–H groups in total. The van der Waals surface area contributed by atoms with Crippen LogP contribution in [0.2, 0.25) is 0 Å². The number of carbonyl (C=O) groups excluding carboxylic acids is 1. The van der Waals surface area contributed by atoms with Crippen molar-refractivity contribution in [1.82, 2.24) is 4.98 Å². The first-order valence-corrected chi connectivity index (χ1v) is 4.06. The van der Waals surface area contributed by atoms with Gasteiger partial charge < -0.3 is 10.6 Å². The van der Waals surface area contributed by atoms with Gasteiger partial charge in [-0.1, -0.05) is 6.07 Å². The van der Waals surface area contributed by atoms with E-state index in [1.807, 2.05) is 0 Å². The largest absolute Gasteiger partial charge is 0.364 e. The highest BCUT2D eigenvalue weighted by atomic mass is 16.9. The molecule has 0 atom stereocenters. The summed E-state index contributed by atoms with van der Waals surface area (Å²) in [7, 11) is 0. The zero-order valence-corrected chi connectivity index (χ0v) is 8.12. The Balaban J connectivity index is 0.000000288. The van der Waals surface area contributed by atoms with Gasteiger partial charge in [0.2, 0.25) is 0 Å². The topological polar surface area (TPSA) is 108 Å². The standard InChI is InChI=1S/C6H6N2O.C2H5NO3/c7-6(9)5-3-1-2-4-8-5;1-2-6-3(4)5/h1-4H,(H2,7,9);2H2,1H3. The predicted molar refractivity (Wildman–Crippen MR) is 51.4 cm³/mol. The van der Waals surface area contributed by atoms with Gasteiger partial charge in [-0.15, -0.1) is 10.1 Å². The van der Waals surface area contributed by atoms with Crippen LogP contribution in [0.15, 0.2) is 24.4 Å². The Morgan fingerprint density at radius 2 is 2.33 bits per heavy atom. The van der Waals surface area contributed by atoms with E-state index in [9.17, 15) is 14.9 Å². The highest BCUT2D eigenvalue weighted by Crippen LogP contribution is 1.88. The molecule has 15 heavy (non-hydrogen) atoms. The lowest BCUT2D eigenvalue weighted by atomic mass is 10.3. The summed E-state index contributed by atoms with van der Waals surface area (Å²) in [5, 5.41) is 8.36. The monoisotopic (exact) mass is 213 g/mol. The maximum atomic E-state index is 10.4. The van der Waals surface area contributed by atoms with Gasteiger partial charge in [-0.25, -0.2) is 0 Å². The van der Waals surface area contributed by atoms with Crippen LogP contribution < -0.4 is 5.73 Å². The van der Waals surface area contributed by atoms with Crippen molar-refractivity contribution in [1.29, 1.82) is 0 Å². The summed E-state index contributed by atoms with van der Waals surface area (Å²) < 4.78 is 0. The third-order valence-corrected chi connectivity index (χ3v) is 1.15. The lowest BCUT2D eigenvalue weighted by Crippen LogP contribution is -2.12. The average Bonchev–Trinajstić information content (AvgIpc) is 2.20. The summed E-state index contributed by atoms with van der Waals surface area (Å²) in [6, 6.07) is 5.02. The molecule has 82 valence electrons. The van der Waals surface area contributed by atoms with E-state index in [1.165, 1.54) is 6.20 Å². The van der Waals surface area contributed by atoms with Crippen molar-refractivity contribution in [3.63, 3.8) is 0 Å². The summed E-state index contributed by atoms with van der Waals surface area (Å²) in [4.78, 5) is 27.0. The first-order valence-electron chi connectivity index (χ1n) is 4.06. The second-order valence-electron chi connectivity index (χ2n) is 2.22. The van der Waals surface area contributed by atoms with Crippen molar-refractivity contribution < 1.29 is 14.7 Å². The molecule has 0 saturated heterocycles. The smallest absolute Gasteiger partial charge is 0.294 e. The molecule has 0 bridgehead atoms. The van der Waals surface area contributed by atoms with Crippen LogP contribution in [0.5, 0.6) is 0 Å². The van der Waals surface area contributed by atoms with Crippen LogP contribution in [0, 0.1) is 10.1 Å². The van der Waals surface area contributed by atoms with E-state index >= 15 is 0 Å². The number of nitrogens with zero attached hydrogens (tertiary/aromatic N) is 2. The van der Waals surface area contributed by atoms with Gasteiger partial charge in [-0.2, -0.15) is 0 Å². The third-order valence-electron chi connectivity index (χ3n) is 1.15. The quantitative estimate of drug-likeness (QED) is 0.577. The molecule has 1 aromatic heterocycles. The zero-order chi connectivity index (χ0) is 11.7. The highest BCUT2D eigenvalue weighted by molar-refractivity contribution is 5.90. The van der Waals surface area contributed by atoms with E-state index < -0.39 is 11.0 Å². The molecule has 1 aromatic rings. The summed E-state index contributed by atoms with van der Waals surface area (Å²) in [6.07, 6.45) is 1.53. The van der Waals surface area contributed by atoms with E-state index in [0.717, 1.165) is 0 Å². The molecule has 0 aliphatic heterocycles. The second kappa shape index (κ2) is 7.25. The van der Waals surface area contributed by atoms with Gasteiger partial charge in [0.05, 0.1) is 6.61 Å². The van der Waals surface area contributed by atoms with E-state index in [1.54, 1.807) is 25.1 Å². The summed E-state index contributed by atoms with van der Waals surface area (Å²) in [5.74, 6) is -0.490. The van der Waals surface area contributed by atoms with E-state index in [4.69, 9.17) is 5.73 Å². The average molecular weight is 213 g/mol. The third kappa shape index (κ3) is 6.94. The number of rotatable bonds is 3. The molecule has 0 aliphatic rings. The van der Waals surface area contributed by atoms with Crippen molar-refractivity contribution in [2.24, 2.45) is 5.73 Å². The Bertz CT molecular complexity index is 315. The number of nitrogens with two attached hydrogens (primary N) is 1. The molecule has 0 radical (unpaired) electrons. The Morgan fingerprint density at radius 3 is 2.53 bits per heavy atom. The summed E-state index contributed by atoms with van der Waals surface area (Å²) >= 11 is 0. The molecule has 7 heteroatoms. The van der Waals surface area contributed by atoms with Crippen LogP contribution in [0.3, 0.4) is 0 Å². The van der Waals surface area contributed by atoms with Crippen LogP contribution in [-0.4, -0.2) is 22.6 Å². The fraction of sp³-hybridized carbons (Fsp3) is 0.250. The van der Waals surface area contributed by atoms with Crippen molar-refractivity contribution >= 4 is 5.91 Å². The minimum absolute atomic E-state index is 0.132. The molecule has 1 rings (SSSR count). The van der Waals surface area contributed by atoms with Gasteiger partial charge in [-0.05, 0) is 19.1 Å². The van der Waals surface area contributed by atoms with E-state index in [0.29, 0.717) is 5.69 Å². The van der Waals surface area contributed by atoms with Crippen LogP contribution in [0.25, 0.3) is 0 Å². The highest BCUT2D eigenvalue weighted by Gasteiger charge is 1.95. The molecule has 0 aliphatic carbocycles. The number of hydrogen-bond acceptors (Lipinski definition) is 5. The van der Waals surface area contributed by atoms with Crippen molar-refractivity contribution in [3.05, 3.63) is 40.2 Å². The van der Waals surface area contributed by atoms with Gasteiger partial charge in [0.1, 0.15) is 5.69 Å². The van der Waals surface area contributed by atoms with E-state index in [-0.39, 0.29) is 6.61 Å². The summed E-state index contributed by atoms with van der Waals surface area (Å²) in [5.41, 5.74) is 5.22. The SMILES string of the molecule is CCO[N+](=O)[O-].NC(=O)c1ccccn1. The minimum atomic E-state index is -0.819. The van der Waals surface area contributed by atoms with Crippen LogP contribution in [0.4, 0.5) is 0 Å². The van der Waals surface area contributed by atoms with Gasteiger partial charge in [-0.3, -0.25) is 9.78 Å². The van der Waals surface area contributed by atoms with Crippen LogP contribution in [-0.2, 0) is 4.84 Å². The van der Waals surface area contributed by atoms with Crippen LogP contribution >= 0.6 is 0 Å². The number of primary amides is 1. The number of carbonyl (C=O) groups is 1. The van der Waals surface area contributed by atoms with Gasteiger partial charge in [0.15, 0.2) is 0 Å². The molecule has 0 spiro atoms. The predicted octanol–water partition coefficient (Wildman–Crippen LogP) is 0.395. The Hall–Kier alpha value is -2.18. The lowest BCUT2D eigenvalue weighted by molar-refractivity contribution is -0.756. The van der Waals surface area contributed by atoms with Crippen LogP contribution in [0.1, 0.15) is 17.4 Å². The summed E-state index contributed by atoms with van der Waals surface area (Å²) in [6.45, 7) is 1.69. The fourth-order valence-corrected chi connectivity index (χ4v) is 0.614. The van der Waals surface area contributed by atoms with Crippen molar-refractivity contribution in [3.8, 4) is 0 Å². The Labute approximate surface area is 86.0 Å². The molecule has 0 unspecified atom stereocenters. The van der Waals surface area contributed by atoms with E-state index in [2.05, 4.69) is 9.82 Å². The van der Waals surface area contributed by atoms with Gasteiger partial charge in [0, 0.05) is 6.20 Å². The number of amides is 1. The van der Waals surface area contributed by atoms with Crippen molar-refractivity contribution in [2.75, 3.05) is 6.61 Å². The fourth-order valence-electron chi connectivity index (χ4n) is 0.614. The molecule has 0 aromatic carbocycles. The molecule has 1 amide bonds. The Morgan fingerprint density at radius 1 is 1.67 bits per heavy atom. The Kier molecular flexibility index (Phi) is 6.19. The zero-order valence-electron chi connectivity index (χ0n) is 8.12. The van der Waals surface area contributed by atoms with Crippen molar-refractivity contribution in [2.45, 2.75) is 6.92 Å². The molecule has 7 nitrogen and oxygen atoms in total.